The average molecular weight is 1150 g/mol. The lowest BCUT2D eigenvalue weighted by atomic mass is 10.0. The molecule has 4 unspecified atom stereocenters. The van der Waals surface area contributed by atoms with Gasteiger partial charge in [0.2, 0.25) is 23.6 Å². The highest BCUT2D eigenvalue weighted by atomic mass is 79.9. The first-order valence-corrected chi connectivity index (χ1v) is 26.6. The number of carbonyl (C=O) groups excluding carboxylic acids is 6. The number of fused-ring (bicyclic) bond motifs is 4. The zero-order valence-corrected chi connectivity index (χ0v) is 46.0. The number of likely N-dealkylation sites (N-methyl/N-ethyl adjacent to an activating group) is 2. The summed E-state index contributed by atoms with van der Waals surface area (Å²) in [5.41, 5.74) is 3.58. The fourth-order valence-corrected chi connectivity index (χ4v) is 10.5. The lowest BCUT2D eigenvalue weighted by molar-refractivity contribution is -0.128. The van der Waals surface area contributed by atoms with Crippen LogP contribution in [-0.2, 0) is 41.9 Å². The normalized spacial score (nSPS) is 16.4. The van der Waals surface area contributed by atoms with Crippen molar-refractivity contribution in [1.29, 1.82) is 0 Å². The van der Waals surface area contributed by atoms with E-state index in [9.17, 15) is 28.8 Å². The number of para-hydroxylation sites is 4. The monoisotopic (exact) mass is 1140 g/mol. The summed E-state index contributed by atoms with van der Waals surface area (Å²) < 4.78 is 13.5. The molecular weight excluding hydrogens is 1080 g/mol. The lowest BCUT2D eigenvalue weighted by Gasteiger charge is -2.27. The van der Waals surface area contributed by atoms with E-state index in [0.29, 0.717) is 53.5 Å². The molecule has 6 amide bonds. The molecule has 6 aromatic rings. The minimum Gasteiger partial charge on any atom is -0.496 e. The van der Waals surface area contributed by atoms with E-state index in [1.165, 1.54) is 0 Å². The highest BCUT2D eigenvalue weighted by Crippen LogP contribution is 2.40. The Labute approximate surface area is 453 Å². The second-order valence-corrected chi connectivity index (χ2v) is 20.6. The molecule has 0 fully saturated rings. The fraction of sp³-hybridized carbons (Fsp3) is 0.333. The summed E-state index contributed by atoms with van der Waals surface area (Å²) in [5, 5.41) is 15.4. The molecule has 0 aliphatic carbocycles. The van der Waals surface area contributed by atoms with Gasteiger partial charge in [-0.1, -0.05) is 86.8 Å². The zero-order chi connectivity index (χ0) is 53.5. The topological polar surface area (TPSA) is 182 Å². The van der Waals surface area contributed by atoms with Crippen molar-refractivity contribution in [2.24, 2.45) is 0 Å². The van der Waals surface area contributed by atoms with Crippen LogP contribution in [0.4, 0.5) is 22.7 Å². The molecule has 6 aromatic carbocycles. The number of hydrogen-bond donors (Lipinski definition) is 4. The second-order valence-electron chi connectivity index (χ2n) is 18.8. The standard InChI is InChI=1S/C57H62Br2N8O8/c1-34(60-3)54(70)62-44-32-64(46-14-10-12-16-48(46)66(56(44)72)30-42-40-24-22-38(58)28-36(40)20-26-50(42)74-5)52(68)18-8-7-9-19-53(69)65-33-45(63-55(71)35(2)61-4)57(73)67(49-17-13-11-15-47(49)65)31-43-41-25-23-39(59)29-37(41)21-27-51(43)75-6/h10-17,20-29,34-35,44-45,60-61H,7-9,18-19,30-33H2,1-6H3,(H,62,70)(H,63,71). The Hall–Kier alpha value is -6.86. The first kappa shape index (κ1) is 54.4. The highest BCUT2D eigenvalue weighted by Gasteiger charge is 2.40. The van der Waals surface area contributed by atoms with Crippen molar-refractivity contribution < 1.29 is 38.2 Å². The lowest BCUT2D eigenvalue weighted by Crippen LogP contribution is -2.55. The van der Waals surface area contributed by atoms with E-state index in [-0.39, 0.29) is 62.6 Å². The molecule has 0 saturated heterocycles. The molecular formula is C57H62Br2N8O8. The van der Waals surface area contributed by atoms with Gasteiger partial charge in [0.1, 0.15) is 23.6 Å². The van der Waals surface area contributed by atoms with Gasteiger partial charge in [-0.05, 0) is 123 Å². The molecule has 0 saturated carbocycles. The number of hydrogen-bond acceptors (Lipinski definition) is 10. The van der Waals surface area contributed by atoms with Crippen LogP contribution in [0.15, 0.2) is 118 Å². The molecule has 0 bridgehead atoms. The van der Waals surface area contributed by atoms with Gasteiger partial charge < -0.3 is 50.3 Å². The van der Waals surface area contributed by atoms with Crippen LogP contribution >= 0.6 is 31.9 Å². The van der Waals surface area contributed by atoms with Gasteiger partial charge in [-0.2, -0.15) is 0 Å². The summed E-state index contributed by atoms with van der Waals surface area (Å²) in [6.45, 7) is 3.37. The molecule has 18 heteroatoms. The van der Waals surface area contributed by atoms with E-state index in [1.54, 1.807) is 73.9 Å². The maximum Gasteiger partial charge on any atom is 0.251 e. The van der Waals surface area contributed by atoms with Crippen LogP contribution in [-0.4, -0.2) is 101 Å². The van der Waals surface area contributed by atoms with Gasteiger partial charge in [-0.25, -0.2) is 0 Å². The number of anilines is 4. The van der Waals surface area contributed by atoms with Gasteiger partial charge in [-0.15, -0.1) is 0 Å². The SMILES string of the molecule is CNC(C)C(=O)NC1CN(C(=O)CCCCCC(=O)N2CC(NC(=O)C(C)NC)C(=O)N(Cc3c(OC)ccc4cc(Br)ccc34)c3ccccc32)c2ccccc2N(Cc2c(OC)ccc3cc(Br)ccc23)C1=O. The maximum absolute atomic E-state index is 14.8. The van der Waals surface area contributed by atoms with Gasteiger partial charge in [0.05, 0.1) is 75.2 Å². The van der Waals surface area contributed by atoms with E-state index >= 15 is 0 Å². The van der Waals surface area contributed by atoms with E-state index in [1.807, 2.05) is 97.1 Å². The van der Waals surface area contributed by atoms with Gasteiger partial charge in [0, 0.05) is 32.9 Å². The Morgan fingerprint density at radius 2 is 0.947 bits per heavy atom. The molecule has 4 N–H and O–H groups in total. The van der Waals surface area contributed by atoms with Crippen LogP contribution in [0, 0.1) is 0 Å². The molecule has 16 nitrogen and oxygen atoms in total. The van der Waals surface area contributed by atoms with Crippen LogP contribution in [0.25, 0.3) is 21.5 Å². The Kier molecular flexibility index (Phi) is 17.6. The minimum atomic E-state index is -1.09. The molecule has 0 radical (unpaired) electrons. The van der Waals surface area contributed by atoms with Gasteiger partial charge in [0.25, 0.3) is 11.8 Å². The molecule has 2 aliphatic rings. The van der Waals surface area contributed by atoms with Crippen molar-refractivity contribution in [1.82, 2.24) is 21.3 Å². The summed E-state index contributed by atoms with van der Waals surface area (Å²) in [6.07, 6.45) is 1.54. The quantitative estimate of drug-likeness (QED) is 0.0614. The van der Waals surface area contributed by atoms with E-state index in [0.717, 1.165) is 41.6 Å². The molecule has 75 heavy (non-hydrogen) atoms. The van der Waals surface area contributed by atoms with E-state index in [4.69, 9.17) is 9.47 Å². The van der Waals surface area contributed by atoms with Gasteiger partial charge >= 0.3 is 0 Å². The predicted molar refractivity (Wildman–Crippen MR) is 300 cm³/mol. The van der Waals surface area contributed by atoms with Crippen molar-refractivity contribution in [2.75, 3.05) is 61.0 Å². The van der Waals surface area contributed by atoms with Crippen LogP contribution in [0.2, 0.25) is 0 Å². The molecule has 2 heterocycles. The van der Waals surface area contributed by atoms with Crippen LogP contribution in [0.5, 0.6) is 11.5 Å². The van der Waals surface area contributed by atoms with Crippen LogP contribution < -0.4 is 50.3 Å². The largest absolute Gasteiger partial charge is 0.496 e. The predicted octanol–water partition coefficient (Wildman–Crippen LogP) is 8.13. The zero-order valence-electron chi connectivity index (χ0n) is 42.9. The summed E-state index contributed by atoms with van der Waals surface area (Å²) in [6, 6.07) is 30.5. The highest BCUT2D eigenvalue weighted by molar-refractivity contribution is 9.10. The van der Waals surface area contributed by atoms with Gasteiger partial charge in [-0.3, -0.25) is 28.8 Å². The van der Waals surface area contributed by atoms with Crippen molar-refractivity contribution >= 4 is 112 Å². The summed E-state index contributed by atoms with van der Waals surface area (Å²) >= 11 is 7.14. The summed E-state index contributed by atoms with van der Waals surface area (Å²) in [4.78, 5) is 92.1. The van der Waals surface area contributed by atoms with Crippen molar-refractivity contribution in [3.63, 3.8) is 0 Å². The molecule has 0 aromatic heterocycles. The molecule has 0 spiro atoms. The number of nitrogens with one attached hydrogen (secondary N) is 4. The molecule has 4 atom stereocenters. The summed E-state index contributed by atoms with van der Waals surface area (Å²) in [7, 11) is 6.48. The Balaban J connectivity index is 1.02. The van der Waals surface area contributed by atoms with Crippen molar-refractivity contribution in [3.8, 4) is 11.5 Å². The van der Waals surface area contributed by atoms with Crippen molar-refractivity contribution in [3.05, 3.63) is 129 Å². The third kappa shape index (κ3) is 11.8. The number of unbranched alkanes of at least 4 members (excludes halogenated alkanes) is 2. The first-order chi connectivity index (χ1) is 36.1. The van der Waals surface area contributed by atoms with Crippen LogP contribution in [0.3, 0.4) is 0 Å². The number of halogens is 2. The van der Waals surface area contributed by atoms with E-state index in [2.05, 4.69) is 53.1 Å². The number of carbonyl (C=O) groups is 6. The van der Waals surface area contributed by atoms with Crippen LogP contribution in [0.1, 0.15) is 57.1 Å². The van der Waals surface area contributed by atoms with E-state index < -0.39 is 36.0 Å². The number of benzene rings is 6. The third-order valence-corrected chi connectivity index (χ3v) is 15.1. The maximum atomic E-state index is 14.8. The Morgan fingerprint density at radius 1 is 0.560 bits per heavy atom. The summed E-state index contributed by atoms with van der Waals surface area (Å²) in [5.74, 6) is -0.881. The minimum absolute atomic E-state index is 0.0924. The smallest absolute Gasteiger partial charge is 0.251 e. The molecule has 392 valence electrons. The Morgan fingerprint density at radius 3 is 1.32 bits per heavy atom. The molecule has 8 rings (SSSR count). The third-order valence-electron chi connectivity index (χ3n) is 14.1. The first-order valence-electron chi connectivity index (χ1n) is 25.0. The van der Waals surface area contributed by atoms with Crippen molar-refractivity contribution in [2.45, 2.75) is 83.2 Å². The number of nitrogens with zero attached hydrogens (tertiary/aromatic N) is 4. The number of rotatable bonds is 18. The fourth-order valence-electron chi connectivity index (χ4n) is 9.76. The number of methoxy groups -OCH3 is 2. The second kappa shape index (κ2) is 24.2. The average Bonchev–Trinajstić information content (AvgIpc) is 3.60. The Bertz CT molecular complexity index is 2950. The van der Waals surface area contributed by atoms with Gasteiger partial charge in [0.15, 0.2) is 0 Å². The molecule has 2 aliphatic heterocycles. The number of ether oxygens (including phenoxy) is 2. The number of amides is 6.